The number of aliphatic hydroxyl groups excluding tert-OH is 1. The molecule has 2 rings (SSSR count). The fraction of sp³-hybridized carbons (Fsp3) is 0.643. The zero-order chi connectivity index (χ0) is 13.9. The molecule has 1 saturated heterocycles. The van der Waals surface area contributed by atoms with Gasteiger partial charge < -0.3 is 10.2 Å². The normalized spacial score (nSPS) is 23.9. The number of carboxylic acid groups (broad SMARTS) is 1. The number of carboxylic acids is 1. The summed E-state index contributed by atoms with van der Waals surface area (Å²) in [7, 11) is 0. The Morgan fingerprint density at radius 1 is 1.58 bits per heavy atom. The number of aliphatic hydroxyl groups is 1. The lowest BCUT2D eigenvalue weighted by molar-refractivity contribution is 0.0699. The second kappa shape index (κ2) is 6.03. The molecule has 2 heterocycles. The second-order valence-electron chi connectivity index (χ2n) is 5.45. The van der Waals surface area contributed by atoms with Crippen LogP contribution in [0.2, 0.25) is 0 Å². The first-order valence-corrected chi connectivity index (χ1v) is 7.61. The van der Waals surface area contributed by atoms with E-state index in [1.807, 2.05) is 11.4 Å². The molecule has 0 aromatic carbocycles. The Labute approximate surface area is 117 Å². The number of rotatable bonds is 6. The summed E-state index contributed by atoms with van der Waals surface area (Å²) in [5.41, 5.74) is 0.913. The predicted octanol–water partition coefficient (Wildman–Crippen LogP) is 2.43. The van der Waals surface area contributed by atoms with Crippen molar-refractivity contribution in [2.75, 3.05) is 19.7 Å². The molecular weight excluding hydrogens is 262 g/mol. The molecule has 1 atom stereocenters. The molecular formula is C14H21NO3S. The molecule has 0 bridgehead atoms. The van der Waals surface area contributed by atoms with Crippen LogP contribution in [0, 0.1) is 5.41 Å². The molecule has 1 aliphatic heterocycles. The minimum absolute atomic E-state index is 0.0220. The number of carbonyl (C=O) groups is 1. The lowest BCUT2D eigenvalue weighted by atomic mass is 9.83. The summed E-state index contributed by atoms with van der Waals surface area (Å²) >= 11 is 1.28. The maximum atomic E-state index is 11.1. The summed E-state index contributed by atoms with van der Waals surface area (Å²) < 4.78 is 0. The molecule has 0 saturated carbocycles. The summed E-state index contributed by atoms with van der Waals surface area (Å²) in [5.74, 6) is -0.842. The van der Waals surface area contributed by atoms with E-state index in [4.69, 9.17) is 5.11 Å². The Balaban J connectivity index is 2.02. The third kappa shape index (κ3) is 3.16. The Morgan fingerprint density at radius 3 is 3.00 bits per heavy atom. The van der Waals surface area contributed by atoms with Crippen LogP contribution in [-0.4, -0.2) is 40.8 Å². The molecule has 1 aromatic heterocycles. The summed E-state index contributed by atoms with van der Waals surface area (Å²) in [6.07, 6.45) is 3.12. The van der Waals surface area contributed by atoms with E-state index in [2.05, 4.69) is 11.8 Å². The van der Waals surface area contributed by atoms with Gasteiger partial charge in [-0.1, -0.05) is 13.3 Å². The highest BCUT2D eigenvalue weighted by Crippen LogP contribution is 2.35. The summed E-state index contributed by atoms with van der Waals surface area (Å²) in [6, 6.07) is 1.90. The van der Waals surface area contributed by atoms with Crippen LogP contribution < -0.4 is 0 Å². The quantitative estimate of drug-likeness (QED) is 0.842. The van der Waals surface area contributed by atoms with Crippen LogP contribution in [-0.2, 0) is 6.54 Å². The Morgan fingerprint density at radius 2 is 2.37 bits per heavy atom. The van der Waals surface area contributed by atoms with Gasteiger partial charge in [-0.25, -0.2) is 4.79 Å². The van der Waals surface area contributed by atoms with Gasteiger partial charge in [-0.2, -0.15) is 0 Å². The van der Waals surface area contributed by atoms with Crippen molar-refractivity contribution in [1.82, 2.24) is 4.90 Å². The molecule has 5 heteroatoms. The van der Waals surface area contributed by atoms with E-state index in [1.54, 1.807) is 0 Å². The van der Waals surface area contributed by atoms with Crippen molar-refractivity contribution in [1.29, 1.82) is 0 Å². The van der Waals surface area contributed by atoms with Gasteiger partial charge in [0, 0.05) is 25.1 Å². The minimum Gasteiger partial charge on any atom is -0.477 e. The van der Waals surface area contributed by atoms with E-state index >= 15 is 0 Å². The molecule has 0 amide bonds. The molecule has 2 N–H and O–H groups in total. The minimum atomic E-state index is -0.842. The van der Waals surface area contributed by atoms with Gasteiger partial charge in [0.2, 0.25) is 0 Å². The van der Waals surface area contributed by atoms with Crippen molar-refractivity contribution in [2.45, 2.75) is 32.7 Å². The average molecular weight is 283 g/mol. The Kier molecular flexibility index (Phi) is 4.60. The molecule has 1 unspecified atom stereocenters. The number of nitrogens with zero attached hydrogens (tertiary/aromatic N) is 1. The van der Waals surface area contributed by atoms with E-state index in [9.17, 15) is 9.90 Å². The fourth-order valence-corrected chi connectivity index (χ4v) is 3.75. The highest BCUT2D eigenvalue weighted by atomic mass is 32.1. The van der Waals surface area contributed by atoms with E-state index in [-0.39, 0.29) is 12.0 Å². The first-order valence-electron chi connectivity index (χ1n) is 6.73. The number of thiophene rings is 1. The molecule has 4 nitrogen and oxygen atoms in total. The monoisotopic (exact) mass is 283 g/mol. The topological polar surface area (TPSA) is 60.8 Å². The van der Waals surface area contributed by atoms with Crippen molar-refractivity contribution in [3.8, 4) is 0 Å². The van der Waals surface area contributed by atoms with Gasteiger partial charge in [-0.15, -0.1) is 11.3 Å². The van der Waals surface area contributed by atoms with E-state index in [0.29, 0.717) is 11.4 Å². The summed E-state index contributed by atoms with van der Waals surface area (Å²) in [4.78, 5) is 13.8. The van der Waals surface area contributed by atoms with Gasteiger partial charge in [0.25, 0.3) is 0 Å². The third-order valence-corrected chi connectivity index (χ3v) is 4.91. The second-order valence-corrected chi connectivity index (χ2v) is 6.37. The maximum Gasteiger partial charge on any atom is 0.346 e. The number of hydrogen-bond acceptors (Lipinski definition) is 4. The molecule has 0 spiro atoms. The van der Waals surface area contributed by atoms with Gasteiger partial charge in [-0.05, 0) is 36.4 Å². The van der Waals surface area contributed by atoms with E-state index in [1.165, 1.54) is 11.3 Å². The lowest BCUT2D eigenvalue weighted by Gasteiger charge is -2.26. The molecule has 0 aliphatic carbocycles. The van der Waals surface area contributed by atoms with Crippen LogP contribution in [0.3, 0.4) is 0 Å². The van der Waals surface area contributed by atoms with Gasteiger partial charge >= 0.3 is 5.97 Å². The largest absolute Gasteiger partial charge is 0.477 e. The van der Waals surface area contributed by atoms with Crippen LogP contribution >= 0.6 is 11.3 Å². The van der Waals surface area contributed by atoms with Crippen molar-refractivity contribution in [3.05, 3.63) is 21.9 Å². The van der Waals surface area contributed by atoms with Gasteiger partial charge in [0.1, 0.15) is 4.88 Å². The molecule has 19 heavy (non-hydrogen) atoms. The first kappa shape index (κ1) is 14.5. The zero-order valence-electron chi connectivity index (χ0n) is 11.3. The smallest absolute Gasteiger partial charge is 0.346 e. The number of likely N-dealkylation sites (tertiary alicyclic amines) is 1. The maximum absolute atomic E-state index is 11.1. The van der Waals surface area contributed by atoms with Crippen molar-refractivity contribution in [2.24, 2.45) is 5.41 Å². The summed E-state index contributed by atoms with van der Waals surface area (Å²) in [6.45, 7) is 4.85. The van der Waals surface area contributed by atoms with Gasteiger partial charge in [0.15, 0.2) is 0 Å². The van der Waals surface area contributed by atoms with Crippen molar-refractivity contribution >= 4 is 17.3 Å². The van der Waals surface area contributed by atoms with E-state index < -0.39 is 5.97 Å². The van der Waals surface area contributed by atoms with Crippen LogP contribution in [0.15, 0.2) is 11.4 Å². The molecule has 1 aliphatic rings. The third-order valence-electron chi connectivity index (χ3n) is 3.97. The first-order chi connectivity index (χ1) is 9.10. The van der Waals surface area contributed by atoms with Gasteiger partial charge in [0.05, 0.1) is 0 Å². The van der Waals surface area contributed by atoms with Crippen LogP contribution in [0.5, 0.6) is 0 Å². The summed E-state index contributed by atoms with van der Waals surface area (Å²) in [5, 5.41) is 20.6. The zero-order valence-corrected chi connectivity index (χ0v) is 12.1. The Hall–Kier alpha value is -0.910. The SMILES string of the molecule is CCCC1(CO)CCN(Cc2ccsc2C(=O)O)C1. The van der Waals surface area contributed by atoms with Crippen LogP contribution in [0.4, 0.5) is 0 Å². The van der Waals surface area contributed by atoms with E-state index in [0.717, 1.165) is 37.9 Å². The van der Waals surface area contributed by atoms with Crippen molar-refractivity contribution in [3.63, 3.8) is 0 Å². The fourth-order valence-electron chi connectivity index (χ4n) is 2.99. The number of aromatic carboxylic acids is 1. The number of hydrogen-bond donors (Lipinski definition) is 2. The van der Waals surface area contributed by atoms with Crippen LogP contribution in [0.1, 0.15) is 41.4 Å². The lowest BCUT2D eigenvalue weighted by Crippen LogP contribution is -2.30. The standard InChI is InChI=1S/C14H21NO3S/c1-2-4-14(10-16)5-6-15(9-14)8-11-3-7-19-12(11)13(17)18/h3,7,16H,2,4-6,8-10H2,1H3,(H,17,18). The van der Waals surface area contributed by atoms with Crippen LogP contribution in [0.25, 0.3) is 0 Å². The predicted molar refractivity (Wildman–Crippen MR) is 75.6 cm³/mol. The highest BCUT2D eigenvalue weighted by Gasteiger charge is 2.36. The molecule has 1 aromatic rings. The highest BCUT2D eigenvalue weighted by molar-refractivity contribution is 7.12. The van der Waals surface area contributed by atoms with Gasteiger partial charge in [-0.3, -0.25) is 4.90 Å². The van der Waals surface area contributed by atoms with Crippen molar-refractivity contribution < 1.29 is 15.0 Å². The molecule has 0 radical (unpaired) electrons. The average Bonchev–Trinajstić information content (AvgIpc) is 2.98. The molecule has 106 valence electrons. The molecule has 1 fully saturated rings. The Bertz CT molecular complexity index is 446.